The molecule has 1 aliphatic rings. The highest BCUT2D eigenvalue weighted by atomic mass is 19.2. The Labute approximate surface area is 188 Å². The van der Waals surface area contributed by atoms with Gasteiger partial charge in [-0.15, -0.1) is 0 Å². The molecule has 1 atom stereocenters. The van der Waals surface area contributed by atoms with Gasteiger partial charge in [-0.05, 0) is 85.3 Å². The smallest absolute Gasteiger partial charge is 0.343 e. The zero-order valence-corrected chi connectivity index (χ0v) is 18.3. The fourth-order valence-corrected chi connectivity index (χ4v) is 4.75. The zero-order valence-electron chi connectivity index (χ0n) is 18.3. The van der Waals surface area contributed by atoms with Gasteiger partial charge in [-0.3, -0.25) is 0 Å². The molecule has 0 aliphatic heterocycles. The van der Waals surface area contributed by atoms with E-state index in [1.54, 1.807) is 12.1 Å². The molecule has 3 aromatic rings. The Bertz CT molecular complexity index is 1040. The van der Waals surface area contributed by atoms with Crippen LogP contribution in [0.4, 0.5) is 8.78 Å². The number of hydrogen-bond donors (Lipinski definition) is 0. The SMILES string of the molecule is CC(CC1CCC(c2ccc(C(=O)Oc3ccc(F)c(F)c3)cc2)CC1)c1ccccc1. The van der Waals surface area contributed by atoms with Crippen LogP contribution in [-0.2, 0) is 0 Å². The summed E-state index contributed by atoms with van der Waals surface area (Å²) in [5.74, 6) is -0.765. The van der Waals surface area contributed by atoms with Gasteiger partial charge in [0, 0.05) is 6.07 Å². The maximum atomic E-state index is 13.3. The van der Waals surface area contributed by atoms with E-state index in [0.29, 0.717) is 17.4 Å². The van der Waals surface area contributed by atoms with Crippen LogP contribution >= 0.6 is 0 Å². The van der Waals surface area contributed by atoms with E-state index in [9.17, 15) is 13.6 Å². The third kappa shape index (κ3) is 5.42. The van der Waals surface area contributed by atoms with Crippen LogP contribution in [0.2, 0.25) is 0 Å². The second-order valence-electron chi connectivity index (χ2n) is 8.85. The molecular formula is C28H28F2O2. The molecule has 0 radical (unpaired) electrons. The molecule has 1 unspecified atom stereocenters. The highest BCUT2D eigenvalue weighted by Gasteiger charge is 2.24. The third-order valence-electron chi connectivity index (χ3n) is 6.62. The summed E-state index contributed by atoms with van der Waals surface area (Å²) in [7, 11) is 0. The standard InChI is InChI=1S/C28H28F2O2/c1-19(21-5-3-2-4-6-21)17-20-7-9-22(10-8-20)23-11-13-24(14-12-23)28(31)32-25-15-16-26(29)27(30)18-25/h2-6,11-16,18-20,22H,7-10,17H2,1H3. The maximum absolute atomic E-state index is 13.3. The molecule has 0 N–H and O–H groups in total. The second-order valence-corrected chi connectivity index (χ2v) is 8.85. The number of esters is 1. The number of hydrogen-bond acceptors (Lipinski definition) is 2. The highest BCUT2D eigenvalue weighted by Crippen LogP contribution is 2.39. The van der Waals surface area contributed by atoms with E-state index >= 15 is 0 Å². The minimum atomic E-state index is -1.04. The van der Waals surface area contributed by atoms with Gasteiger partial charge in [0.1, 0.15) is 5.75 Å². The van der Waals surface area contributed by atoms with Crippen LogP contribution in [0, 0.1) is 17.6 Å². The van der Waals surface area contributed by atoms with Gasteiger partial charge in [-0.1, -0.05) is 49.4 Å². The minimum Gasteiger partial charge on any atom is -0.423 e. The Hall–Kier alpha value is -3.01. The Morgan fingerprint density at radius 2 is 1.59 bits per heavy atom. The van der Waals surface area contributed by atoms with Crippen molar-refractivity contribution in [1.82, 2.24) is 0 Å². The lowest BCUT2D eigenvalue weighted by atomic mass is 9.75. The molecule has 0 saturated heterocycles. The summed E-state index contributed by atoms with van der Waals surface area (Å²) in [5, 5.41) is 0. The maximum Gasteiger partial charge on any atom is 0.343 e. The van der Waals surface area contributed by atoms with Crippen molar-refractivity contribution in [3.63, 3.8) is 0 Å². The summed E-state index contributed by atoms with van der Waals surface area (Å²) in [4.78, 5) is 12.3. The third-order valence-corrected chi connectivity index (χ3v) is 6.62. The van der Waals surface area contributed by atoms with Crippen LogP contribution in [0.1, 0.15) is 72.3 Å². The molecule has 4 heteroatoms. The lowest BCUT2D eigenvalue weighted by Gasteiger charge is -2.30. The van der Waals surface area contributed by atoms with Crippen LogP contribution in [-0.4, -0.2) is 5.97 Å². The molecule has 2 nitrogen and oxygen atoms in total. The first-order valence-corrected chi connectivity index (χ1v) is 11.3. The van der Waals surface area contributed by atoms with E-state index in [2.05, 4.69) is 37.3 Å². The molecule has 0 spiro atoms. The lowest BCUT2D eigenvalue weighted by molar-refractivity contribution is 0.0734. The largest absolute Gasteiger partial charge is 0.423 e. The number of carbonyl (C=O) groups excluding carboxylic acids is 1. The first-order chi connectivity index (χ1) is 15.5. The summed E-state index contributed by atoms with van der Waals surface area (Å²) in [6.45, 7) is 2.32. The molecule has 3 aromatic carbocycles. The van der Waals surface area contributed by atoms with Crippen molar-refractivity contribution in [2.24, 2.45) is 5.92 Å². The fraction of sp³-hybridized carbons (Fsp3) is 0.321. The van der Waals surface area contributed by atoms with E-state index in [0.717, 1.165) is 30.9 Å². The van der Waals surface area contributed by atoms with Crippen molar-refractivity contribution in [2.45, 2.75) is 50.9 Å². The second kappa shape index (κ2) is 10.1. The van der Waals surface area contributed by atoms with Gasteiger partial charge in [-0.25, -0.2) is 13.6 Å². The Kier molecular flexibility index (Phi) is 6.99. The summed E-state index contributed by atoms with van der Waals surface area (Å²) >= 11 is 0. The average molecular weight is 435 g/mol. The molecule has 0 amide bonds. The Morgan fingerprint density at radius 1 is 0.906 bits per heavy atom. The zero-order chi connectivity index (χ0) is 22.5. The molecule has 1 fully saturated rings. The number of rotatable bonds is 6. The Morgan fingerprint density at radius 3 is 2.25 bits per heavy atom. The molecule has 166 valence electrons. The van der Waals surface area contributed by atoms with Crippen molar-refractivity contribution in [3.8, 4) is 5.75 Å². The lowest BCUT2D eigenvalue weighted by Crippen LogP contribution is -2.15. The molecular weight excluding hydrogens is 406 g/mol. The molecule has 1 aliphatic carbocycles. The topological polar surface area (TPSA) is 26.3 Å². The predicted molar refractivity (Wildman–Crippen MR) is 122 cm³/mol. The Balaban J connectivity index is 1.30. The van der Waals surface area contributed by atoms with Gasteiger partial charge in [0.25, 0.3) is 0 Å². The van der Waals surface area contributed by atoms with Gasteiger partial charge in [0.05, 0.1) is 5.56 Å². The van der Waals surface area contributed by atoms with Crippen molar-refractivity contribution in [3.05, 3.63) is 101 Å². The molecule has 0 heterocycles. The fourth-order valence-electron chi connectivity index (χ4n) is 4.75. The van der Waals surface area contributed by atoms with Crippen molar-refractivity contribution >= 4 is 5.97 Å². The molecule has 0 bridgehead atoms. The summed E-state index contributed by atoms with van der Waals surface area (Å²) in [5.41, 5.74) is 3.05. The molecule has 1 saturated carbocycles. The van der Waals surface area contributed by atoms with E-state index < -0.39 is 17.6 Å². The van der Waals surface area contributed by atoms with Crippen molar-refractivity contribution in [1.29, 1.82) is 0 Å². The molecule has 4 rings (SSSR count). The normalized spacial score (nSPS) is 19.3. The van der Waals surface area contributed by atoms with Crippen molar-refractivity contribution in [2.75, 3.05) is 0 Å². The quantitative estimate of drug-likeness (QED) is 0.294. The van der Waals surface area contributed by atoms with Gasteiger partial charge in [-0.2, -0.15) is 0 Å². The van der Waals surface area contributed by atoms with Gasteiger partial charge >= 0.3 is 5.97 Å². The number of ether oxygens (including phenoxy) is 1. The monoisotopic (exact) mass is 434 g/mol. The van der Waals surface area contributed by atoms with Crippen molar-refractivity contribution < 1.29 is 18.3 Å². The first-order valence-electron chi connectivity index (χ1n) is 11.3. The average Bonchev–Trinajstić information content (AvgIpc) is 2.82. The van der Waals surface area contributed by atoms with E-state index in [-0.39, 0.29) is 5.75 Å². The van der Waals surface area contributed by atoms with Crippen LogP contribution < -0.4 is 4.74 Å². The van der Waals surface area contributed by atoms with Gasteiger partial charge < -0.3 is 4.74 Å². The number of benzene rings is 3. The first kappa shape index (κ1) is 22.2. The summed E-state index contributed by atoms with van der Waals surface area (Å²) < 4.78 is 31.5. The van der Waals surface area contributed by atoms with Crippen LogP contribution in [0.25, 0.3) is 0 Å². The van der Waals surface area contributed by atoms with Crippen LogP contribution in [0.5, 0.6) is 5.75 Å². The van der Waals surface area contributed by atoms with E-state index in [4.69, 9.17) is 4.74 Å². The van der Waals surface area contributed by atoms with Crippen LogP contribution in [0.15, 0.2) is 72.8 Å². The van der Waals surface area contributed by atoms with E-state index in [1.165, 1.54) is 36.5 Å². The summed E-state index contributed by atoms with van der Waals surface area (Å²) in [6.07, 6.45) is 5.99. The number of halogens is 2. The summed E-state index contributed by atoms with van der Waals surface area (Å²) in [6, 6.07) is 21.2. The molecule has 0 aromatic heterocycles. The predicted octanol–water partition coefficient (Wildman–Crippen LogP) is 7.65. The van der Waals surface area contributed by atoms with E-state index in [1.807, 2.05) is 12.1 Å². The highest BCUT2D eigenvalue weighted by molar-refractivity contribution is 5.91. The number of carbonyl (C=O) groups is 1. The molecule has 32 heavy (non-hydrogen) atoms. The minimum absolute atomic E-state index is 0.0129. The van der Waals surface area contributed by atoms with Gasteiger partial charge in [0.2, 0.25) is 0 Å². The van der Waals surface area contributed by atoms with Crippen LogP contribution in [0.3, 0.4) is 0 Å². The van der Waals surface area contributed by atoms with Gasteiger partial charge in [0.15, 0.2) is 11.6 Å².